The highest BCUT2D eigenvalue weighted by Gasteiger charge is 2.21. The maximum Gasteiger partial charge on any atom is 0.309 e. The van der Waals surface area contributed by atoms with E-state index in [1.165, 1.54) is 12.0 Å². The maximum atomic E-state index is 12.7. The van der Waals surface area contributed by atoms with Gasteiger partial charge in [0.15, 0.2) is 5.13 Å². The quantitative estimate of drug-likeness (QED) is 0.654. The van der Waals surface area contributed by atoms with Gasteiger partial charge in [0.25, 0.3) is 5.91 Å². The van der Waals surface area contributed by atoms with E-state index in [9.17, 15) is 14.4 Å². The molecule has 27 heavy (non-hydrogen) atoms. The first-order chi connectivity index (χ1) is 12.9. The van der Waals surface area contributed by atoms with Crippen molar-refractivity contribution in [3.8, 4) is 0 Å². The van der Waals surface area contributed by atoms with E-state index in [-0.39, 0.29) is 31.2 Å². The van der Waals surface area contributed by atoms with Crippen LogP contribution < -0.4 is 5.32 Å². The summed E-state index contributed by atoms with van der Waals surface area (Å²) in [6.07, 6.45) is -0.225. The summed E-state index contributed by atoms with van der Waals surface area (Å²) in [5.41, 5.74) is 0.646. The van der Waals surface area contributed by atoms with Crippen molar-refractivity contribution in [2.24, 2.45) is 0 Å². The Morgan fingerprint density at radius 1 is 1.33 bits per heavy atom. The summed E-state index contributed by atoms with van der Waals surface area (Å²) < 4.78 is 5.00. The topological polar surface area (TPSA) is 109 Å². The summed E-state index contributed by atoms with van der Waals surface area (Å²) >= 11 is 7.19. The van der Waals surface area contributed by atoms with Crippen molar-refractivity contribution in [1.82, 2.24) is 9.88 Å². The molecule has 144 valence electrons. The zero-order chi connectivity index (χ0) is 19.8. The fourth-order valence-electron chi connectivity index (χ4n) is 2.19. The second-order valence-electron chi connectivity index (χ2n) is 5.46. The van der Waals surface area contributed by atoms with E-state index in [1.54, 1.807) is 29.6 Å². The third kappa shape index (κ3) is 6.31. The van der Waals surface area contributed by atoms with Crippen molar-refractivity contribution in [2.45, 2.75) is 6.42 Å². The molecule has 0 saturated heterocycles. The number of carboxylic acids is 1. The molecule has 0 aliphatic rings. The first kappa shape index (κ1) is 20.8. The number of methoxy groups -OCH3 is 1. The molecule has 0 atom stereocenters. The summed E-state index contributed by atoms with van der Waals surface area (Å²) in [4.78, 5) is 41.1. The van der Waals surface area contributed by atoms with Crippen LogP contribution in [0.1, 0.15) is 16.1 Å². The average Bonchev–Trinajstić information content (AvgIpc) is 3.04. The second kappa shape index (κ2) is 10.0. The first-order valence-corrected chi connectivity index (χ1v) is 9.15. The summed E-state index contributed by atoms with van der Waals surface area (Å²) in [6.45, 7) is 0.237. The molecule has 0 unspecified atom stereocenters. The summed E-state index contributed by atoms with van der Waals surface area (Å²) in [7, 11) is 1.50. The monoisotopic (exact) mass is 411 g/mol. The lowest BCUT2D eigenvalue weighted by Gasteiger charge is -2.22. The number of carbonyl (C=O) groups excluding carboxylic acids is 2. The molecule has 0 spiro atoms. The number of nitrogens with zero attached hydrogens (tertiary/aromatic N) is 2. The number of hydrogen-bond donors (Lipinski definition) is 2. The first-order valence-electron chi connectivity index (χ1n) is 7.89. The van der Waals surface area contributed by atoms with E-state index >= 15 is 0 Å². The van der Waals surface area contributed by atoms with E-state index < -0.39 is 17.8 Å². The minimum absolute atomic E-state index is 0.204. The molecule has 1 aromatic carbocycles. The van der Waals surface area contributed by atoms with Crippen LogP contribution in [-0.2, 0) is 20.7 Å². The third-order valence-corrected chi connectivity index (χ3v) is 4.56. The molecule has 10 heteroatoms. The fourth-order valence-corrected chi connectivity index (χ4v) is 3.13. The Bertz CT molecular complexity index is 826. The van der Waals surface area contributed by atoms with E-state index in [2.05, 4.69) is 10.3 Å². The molecule has 2 amide bonds. The van der Waals surface area contributed by atoms with Crippen molar-refractivity contribution in [2.75, 3.05) is 32.1 Å². The molecule has 0 fully saturated rings. The molecular formula is C17H18ClN3O5S. The Morgan fingerprint density at radius 2 is 2.07 bits per heavy atom. The van der Waals surface area contributed by atoms with Crippen LogP contribution >= 0.6 is 22.9 Å². The summed E-state index contributed by atoms with van der Waals surface area (Å²) in [6, 6.07) is 6.58. The number of hydrogen-bond acceptors (Lipinski definition) is 6. The summed E-state index contributed by atoms with van der Waals surface area (Å²) in [5, 5.41) is 13.5. The molecule has 8 nitrogen and oxygen atoms in total. The number of amides is 2. The second-order valence-corrected chi connectivity index (χ2v) is 6.73. The maximum absolute atomic E-state index is 12.7. The van der Waals surface area contributed by atoms with Gasteiger partial charge in [0, 0.05) is 19.0 Å². The lowest BCUT2D eigenvalue weighted by Crippen LogP contribution is -2.40. The van der Waals surface area contributed by atoms with E-state index in [0.717, 1.165) is 11.3 Å². The molecule has 2 aromatic rings. The zero-order valence-corrected chi connectivity index (χ0v) is 16.0. The number of benzene rings is 1. The van der Waals surface area contributed by atoms with Crippen LogP contribution in [0.25, 0.3) is 0 Å². The Hall–Kier alpha value is -2.49. The Balaban J connectivity index is 2.05. The SMILES string of the molecule is COCCN(CC(=O)Nc1nc(CC(=O)O)cs1)C(=O)c1ccccc1Cl. The van der Waals surface area contributed by atoms with Gasteiger partial charge in [0.1, 0.15) is 6.54 Å². The van der Waals surface area contributed by atoms with Gasteiger partial charge in [-0.15, -0.1) is 11.3 Å². The highest BCUT2D eigenvalue weighted by molar-refractivity contribution is 7.13. The smallest absolute Gasteiger partial charge is 0.309 e. The van der Waals surface area contributed by atoms with Crippen LogP contribution in [0.2, 0.25) is 5.02 Å². The largest absolute Gasteiger partial charge is 0.481 e. The van der Waals surface area contributed by atoms with Gasteiger partial charge in [-0.3, -0.25) is 14.4 Å². The minimum Gasteiger partial charge on any atom is -0.481 e. The van der Waals surface area contributed by atoms with Gasteiger partial charge in [0.2, 0.25) is 5.91 Å². The number of carboxylic acid groups (broad SMARTS) is 1. The van der Waals surface area contributed by atoms with Crippen LogP contribution in [0.4, 0.5) is 5.13 Å². The van der Waals surface area contributed by atoms with Crippen molar-refractivity contribution in [3.05, 3.63) is 45.9 Å². The predicted molar refractivity (Wildman–Crippen MR) is 101 cm³/mol. The van der Waals surface area contributed by atoms with Crippen LogP contribution in [0.5, 0.6) is 0 Å². The molecule has 1 aromatic heterocycles. The van der Waals surface area contributed by atoms with Crippen LogP contribution in [-0.4, -0.2) is 59.6 Å². The normalized spacial score (nSPS) is 10.4. The number of ether oxygens (including phenoxy) is 1. The fraction of sp³-hybridized carbons (Fsp3) is 0.294. The zero-order valence-electron chi connectivity index (χ0n) is 14.5. The Kier molecular flexibility index (Phi) is 7.71. The molecule has 0 aliphatic carbocycles. The molecular weight excluding hydrogens is 394 g/mol. The van der Waals surface area contributed by atoms with Gasteiger partial charge in [-0.05, 0) is 12.1 Å². The highest BCUT2D eigenvalue weighted by atomic mass is 35.5. The van der Waals surface area contributed by atoms with Crippen molar-refractivity contribution in [1.29, 1.82) is 0 Å². The third-order valence-electron chi connectivity index (χ3n) is 3.42. The number of carbonyl (C=O) groups is 3. The van der Waals surface area contributed by atoms with Crippen LogP contribution in [0, 0.1) is 0 Å². The Labute approximate surface area is 164 Å². The average molecular weight is 412 g/mol. The van der Waals surface area contributed by atoms with Crippen molar-refractivity contribution in [3.63, 3.8) is 0 Å². The number of anilines is 1. The molecule has 0 radical (unpaired) electrons. The van der Waals surface area contributed by atoms with Crippen molar-refractivity contribution >= 4 is 45.9 Å². The van der Waals surface area contributed by atoms with Crippen LogP contribution in [0.3, 0.4) is 0 Å². The standard InChI is InChI=1S/C17H18ClN3O5S/c1-26-7-6-21(16(25)12-4-2-3-5-13(12)18)9-14(22)20-17-19-11(10-27-17)8-15(23)24/h2-5,10H,6-9H2,1H3,(H,23,24)(H,19,20,22). The number of thiazole rings is 1. The number of halogens is 1. The molecule has 0 aliphatic heterocycles. The molecule has 1 heterocycles. The lowest BCUT2D eigenvalue weighted by atomic mass is 10.2. The molecule has 2 N–H and O–H groups in total. The van der Waals surface area contributed by atoms with Gasteiger partial charge in [-0.25, -0.2) is 4.98 Å². The summed E-state index contributed by atoms with van der Waals surface area (Å²) in [5.74, 6) is -1.85. The van der Waals surface area contributed by atoms with E-state index in [4.69, 9.17) is 21.4 Å². The molecule has 0 bridgehead atoms. The highest BCUT2D eigenvalue weighted by Crippen LogP contribution is 2.18. The van der Waals surface area contributed by atoms with Crippen molar-refractivity contribution < 1.29 is 24.2 Å². The van der Waals surface area contributed by atoms with E-state index in [0.29, 0.717) is 16.3 Å². The lowest BCUT2D eigenvalue weighted by molar-refractivity contribution is -0.136. The Morgan fingerprint density at radius 3 is 2.74 bits per heavy atom. The number of aromatic nitrogens is 1. The van der Waals surface area contributed by atoms with Gasteiger partial charge in [0.05, 0.1) is 29.3 Å². The van der Waals surface area contributed by atoms with Gasteiger partial charge in [-0.2, -0.15) is 0 Å². The number of nitrogens with one attached hydrogen (secondary N) is 1. The van der Waals surface area contributed by atoms with E-state index in [1.807, 2.05) is 0 Å². The molecule has 2 rings (SSSR count). The van der Waals surface area contributed by atoms with Gasteiger partial charge >= 0.3 is 5.97 Å². The number of aliphatic carboxylic acids is 1. The molecule has 0 saturated carbocycles. The van der Waals surface area contributed by atoms with Gasteiger partial charge in [-0.1, -0.05) is 23.7 Å². The van der Waals surface area contributed by atoms with Gasteiger partial charge < -0.3 is 20.1 Å². The predicted octanol–water partition coefficient (Wildman–Crippen LogP) is 2.15. The van der Waals surface area contributed by atoms with Crippen LogP contribution in [0.15, 0.2) is 29.6 Å². The minimum atomic E-state index is -1.01. The number of rotatable bonds is 9.